The quantitative estimate of drug-likeness (QED) is 0.333. The molecule has 1 amide bonds. The Morgan fingerprint density at radius 1 is 1.44 bits per heavy atom. The standard InChI is InChI=1S/C22H27N7O2S/c1-12(13-4-5-13)28(2)10-15-8-14(9-18(27-32-3)16(15)11-30)17-6-7-29-22(25-17)19(21(24)31)20(23)26-29/h6-9,11-13,27H,4-5,10H2,1-3H3,(H2,23,26)(H2,24,31). The van der Waals surface area contributed by atoms with E-state index in [1.807, 2.05) is 18.4 Å². The molecule has 2 heterocycles. The average Bonchev–Trinajstić information content (AvgIpc) is 3.54. The lowest BCUT2D eigenvalue weighted by Crippen LogP contribution is -2.30. The number of benzene rings is 1. The molecule has 0 radical (unpaired) electrons. The number of primary amides is 1. The number of fused-ring (bicyclic) bond motifs is 1. The fourth-order valence-electron chi connectivity index (χ4n) is 4.02. The van der Waals surface area contributed by atoms with Crippen molar-refractivity contribution in [3.8, 4) is 11.3 Å². The van der Waals surface area contributed by atoms with Gasteiger partial charge in [-0.25, -0.2) is 9.50 Å². The molecule has 0 bridgehead atoms. The van der Waals surface area contributed by atoms with Crippen molar-refractivity contribution < 1.29 is 9.59 Å². The van der Waals surface area contributed by atoms with E-state index < -0.39 is 5.91 Å². The van der Waals surface area contributed by atoms with Crippen molar-refractivity contribution in [2.24, 2.45) is 11.7 Å². The molecule has 1 aliphatic carbocycles. The van der Waals surface area contributed by atoms with Crippen LogP contribution in [0.25, 0.3) is 16.9 Å². The van der Waals surface area contributed by atoms with Crippen LogP contribution in [0.1, 0.15) is 46.0 Å². The predicted molar refractivity (Wildman–Crippen MR) is 128 cm³/mol. The summed E-state index contributed by atoms with van der Waals surface area (Å²) in [7, 11) is 2.09. The lowest BCUT2D eigenvalue weighted by Gasteiger charge is -2.26. The number of carbonyl (C=O) groups is 2. The summed E-state index contributed by atoms with van der Waals surface area (Å²) in [5.74, 6) is 0.0782. The molecule has 1 aromatic carbocycles. The SMILES string of the molecule is CSNc1cc(-c2ccn3nc(N)c(C(N)=O)c3n2)cc(CN(C)C(C)C2CC2)c1C=O. The molecule has 1 saturated carbocycles. The first-order valence-corrected chi connectivity index (χ1v) is 11.6. The van der Waals surface area contributed by atoms with E-state index in [2.05, 4.69) is 33.7 Å². The monoisotopic (exact) mass is 453 g/mol. The second-order valence-corrected chi connectivity index (χ2v) is 8.83. The topological polar surface area (TPSA) is 132 Å². The van der Waals surface area contributed by atoms with Crippen LogP contribution >= 0.6 is 11.9 Å². The van der Waals surface area contributed by atoms with Gasteiger partial charge in [-0.2, -0.15) is 0 Å². The summed E-state index contributed by atoms with van der Waals surface area (Å²) in [6.07, 6.45) is 7.00. The Morgan fingerprint density at radius 2 is 2.19 bits per heavy atom. The summed E-state index contributed by atoms with van der Waals surface area (Å²) in [5, 5.41) is 4.10. The van der Waals surface area contributed by atoms with Gasteiger partial charge in [-0.05, 0) is 56.5 Å². The first-order chi connectivity index (χ1) is 15.3. The Kier molecular flexibility index (Phi) is 6.07. The lowest BCUT2D eigenvalue weighted by atomic mass is 9.99. The molecule has 32 heavy (non-hydrogen) atoms. The Hall–Kier alpha value is -3.11. The number of anilines is 2. The minimum absolute atomic E-state index is 0.0413. The van der Waals surface area contributed by atoms with Crippen LogP contribution in [0.5, 0.6) is 0 Å². The second-order valence-electron chi connectivity index (χ2n) is 8.22. The van der Waals surface area contributed by atoms with Crippen LogP contribution in [0, 0.1) is 5.92 Å². The molecular formula is C22H27N7O2S. The van der Waals surface area contributed by atoms with Crippen LogP contribution in [-0.2, 0) is 6.54 Å². The van der Waals surface area contributed by atoms with Gasteiger partial charge in [0.05, 0.1) is 11.4 Å². The van der Waals surface area contributed by atoms with Gasteiger partial charge >= 0.3 is 0 Å². The van der Waals surface area contributed by atoms with E-state index in [1.54, 1.807) is 12.3 Å². The lowest BCUT2D eigenvalue weighted by molar-refractivity contribution is 0.100. The van der Waals surface area contributed by atoms with Crippen molar-refractivity contribution in [1.29, 1.82) is 0 Å². The van der Waals surface area contributed by atoms with Gasteiger partial charge in [-0.15, -0.1) is 5.10 Å². The van der Waals surface area contributed by atoms with Crippen molar-refractivity contribution in [1.82, 2.24) is 19.5 Å². The number of nitrogens with one attached hydrogen (secondary N) is 1. The summed E-state index contributed by atoms with van der Waals surface area (Å²) < 4.78 is 4.65. The molecule has 168 valence electrons. The van der Waals surface area contributed by atoms with E-state index in [1.165, 1.54) is 29.3 Å². The van der Waals surface area contributed by atoms with Gasteiger partial charge in [0, 0.05) is 36.2 Å². The van der Waals surface area contributed by atoms with Gasteiger partial charge in [0.1, 0.15) is 5.56 Å². The van der Waals surface area contributed by atoms with Gasteiger partial charge in [0.15, 0.2) is 17.8 Å². The third-order valence-corrected chi connectivity index (χ3v) is 6.49. The number of aromatic nitrogens is 3. The minimum Gasteiger partial charge on any atom is -0.381 e. The molecular weight excluding hydrogens is 426 g/mol. The Morgan fingerprint density at radius 3 is 2.81 bits per heavy atom. The molecule has 1 atom stereocenters. The van der Waals surface area contributed by atoms with Crippen molar-refractivity contribution in [2.45, 2.75) is 32.4 Å². The van der Waals surface area contributed by atoms with Gasteiger partial charge in [0.2, 0.25) is 0 Å². The molecule has 2 aromatic heterocycles. The highest BCUT2D eigenvalue weighted by Gasteiger charge is 2.30. The number of hydrogen-bond acceptors (Lipinski definition) is 8. The fraction of sp³-hybridized carbons (Fsp3) is 0.364. The second kappa shape index (κ2) is 8.79. The molecule has 0 aliphatic heterocycles. The molecule has 9 nitrogen and oxygen atoms in total. The maximum Gasteiger partial charge on any atom is 0.256 e. The Bertz CT molecular complexity index is 1190. The zero-order chi connectivity index (χ0) is 23.0. The van der Waals surface area contributed by atoms with E-state index >= 15 is 0 Å². The summed E-state index contributed by atoms with van der Waals surface area (Å²) in [6.45, 7) is 2.87. The molecule has 3 aromatic rings. The van der Waals surface area contributed by atoms with Crippen LogP contribution in [0.4, 0.5) is 11.5 Å². The molecule has 5 N–H and O–H groups in total. The number of rotatable bonds is 9. The normalized spacial score (nSPS) is 14.6. The van der Waals surface area contributed by atoms with Crippen LogP contribution in [-0.4, -0.2) is 51.0 Å². The zero-order valence-electron chi connectivity index (χ0n) is 18.3. The van der Waals surface area contributed by atoms with Crippen molar-refractivity contribution in [2.75, 3.05) is 23.8 Å². The van der Waals surface area contributed by atoms with E-state index in [0.717, 1.165) is 29.0 Å². The Labute approximate surface area is 190 Å². The number of nitrogens with zero attached hydrogens (tertiary/aromatic N) is 4. The van der Waals surface area contributed by atoms with Crippen molar-refractivity contribution in [3.63, 3.8) is 0 Å². The van der Waals surface area contributed by atoms with Gasteiger partial charge < -0.3 is 16.2 Å². The van der Waals surface area contributed by atoms with Crippen molar-refractivity contribution >= 4 is 41.3 Å². The number of amides is 1. The predicted octanol–water partition coefficient (Wildman–Crippen LogP) is 2.81. The van der Waals surface area contributed by atoms with Crippen LogP contribution < -0.4 is 16.2 Å². The molecule has 0 spiro atoms. The van der Waals surface area contributed by atoms with E-state index in [-0.39, 0.29) is 11.4 Å². The van der Waals surface area contributed by atoms with Crippen LogP contribution in [0.15, 0.2) is 24.4 Å². The zero-order valence-corrected chi connectivity index (χ0v) is 19.1. The summed E-state index contributed by atoms with van der Waals surface area (Å²) in [4.78, 5) is 30.8. The first kappa shape index (κ1) is 22.1. The van der Waals surface area contributed by atoms with Gasteiger partial charge in [-0.1, -0.05) is 11.9 Å². The third-order valence-electron chi connectivity index (χ3n) is 6.07. The third kappa shape index (κ3) is 4.15. The number of carbonyl (C=O) groups excluding carboxylic acids is 2. The summed E-state index contributed by atoms with van der Waals surface area (Å²) in [5.41, 5.74) is 15.4. The molecule has 0 saturated heterocycles. The minimum atomic E-state index is -0.681. The summed E-state index contributed by atoms with van der Waals surface area (Å²) in [6, 6.07) is 6.10. The molecule has 1 aliphatic rings. The smallest absolute Gasteiger partial charge is 0.256 e. The van der Waals surface area contributed by atoms with Gasteiger partial charge in [0.25, 0.3) is 5.91 Å². The largest absolute Gasteiger partial charge is 0.381 e. The van der Waals surface area contributed by atoms with E-state index in [0.29, 0.717) is 29.5 Å². The number of hydrogen-bond donors (Lipinski definition) is 3. The number of aldehydes is 1. The highest BCUT2D eigenvalue weighted by molar-refractivity contribution is 7.99. The molecule has 4 rings (SSSR count). The first-order valence-electron chi connectivity index (χ1n) is 10.4. The molecule has 1 fully saturated rings. The maximum absolute atomic E-state index is 12.0. The van der Waals surface area contributed by atoms with Gasteiger partial charge in [-0.3, -0.25) is 14.5 Å². The molecule has 10 heteroatoms. The van der Waals surface area contributed by atoms with E-state index in [9.17, 15) is 9.59 Å². The summed E-state index contributed by atoms with van der Waals surface area (Å²) >= 11 is 1.41. The highest BCUT2D eigenvalue weighted by atomic mass is 32.2. The van der Waals surface area contributed by atoms with Crippen LogP contribution in [0.2, 0.25) is 0 Å². The highest BCUT2D eigenvalue weighted by Crippen LogP contribution is 2.36. The average molecular weight is 454 g/mol. The number of nitrogen functional groups attached to an aromatic ring is 1. The van der Waals surface area contributed by atoms with Crippen LogP contribution in [0.3, 0.4) is 0 Å². The molecule has 1 unspecified atom stereocenters. The fourth-order valence-corrected chi connectivity index (χ4v) is 4.41. The number of nitrogens with two attached hydrogens (primary N) is 2. The Balaban J connectivity index is 1.81. The maximum atomic E-state index is 12.0. The van der Waals surface area contributed by atoms with Crippen molar-refractivity contribution in [3.05, 3.63) is 41.1 Å². The van der Waals surface area contributed by atoms with E-state index in [4.69, 9.17) is 11.5 Å².